The smallest absolute Gasteiger partial charge is 0.252 e. The van der Waals surface area contributed by atoms with Crippen LogP contribution in [0.2, 0.25) is 5.02 Å². The van der Waals surface area contributed by atoms with Gasteiger partial charge in [0.25, 0.3) is 5.91 Å². The van der Waals surface area contributed by atoms with Crippen LogP contribution >= 0.6 is 11.6 Å². The van der Waals surface area contributed by atoms with Gasteiger partial charge in [-0.2, -0.15) is 0 Å². The van der Waals surface area contributed by atoms with Gasteiger partial charge in [0.05, 0.1) is 10.6 Å². The van der Waals surface area contributed by atoms with Gasteiger partial charge >= 0.3 is 0 Å². The van der Waals surface area contributed by atoms with Crippen LogP contribution in [0.1, 0.15) is 23.2 Å². The second-order valence-electron chi connectivity index (χ2n) is 4.10. The quantitative estimate of drug-likeness (QED) is 0.745. The van der Waals surface area contributed by atoms with E-state index >= 15 is 0 Å². The maximum Gasteiger partial charge on any atom is 0.252 e. The Balaban J connectivity index is 2.19. The molecule has 1 aromatic carbocycles. The third kappa shape index (κ3) is 2.13. The summed E-state index contributed by atoms with van der Waals surface area (Å²) in [7, 11) is 0. The highest BCUT2D eigenvalue weighted by atomic mass is 35.5. The van der Waals surface area contributed by atoms with E-state index in [0.29, 0.717) is 22.3 Å². The summed E-state index contributed by atoms with van der Waals surface area (Å²) < 4.78 is 0. The lowest BCUT2D eigenvalue weighted by molar-refractivity contribution is 0.100. The molecule has 16 heavy (non-hydrogen) atoms. The molecule has 1 saturated carbocycles. The van der Waals surface area contributed by atoms with E-state index in [1.165, 1.54) is 0 Å². The molecule has 0 bridgehead atoms. The van der Waals surface area contributed by atoms with Crippen molar-refractivity contribution in [3.8, 4) is 0 Å². The number of anilines is 1. The molecule has 0 atom stereocenters. The van der Waals surface area contributed by atoms with Crippen LogP contribution in [0.4, 0.5) is 5.69 Å². The Hall–Kier alpha value is -1.26. The fraction of sp³-hybridized carbons (Fsp3) is 0.364. The Labute approximate surface area is 98.9 Å². The first-order valence-electron chi connectivity index (χ1n) is 5.18. The largest absolute Gasteiger partial charge is 0.382 e. The van der Waals surface area contributed by atoms with Gasteiger partial charge in [-0.15, -0.1) is 0 Å². The van der Waals surface area contributed by atoms with Crippen molar-refractivity contribution < 1.29 is 4.79 Å². The summed E-state index contributed by atoms with van der Waals surface area (Å²) in [5, 5.41) is 3.61. The predicted octanol–water partition coefficient (Wildman–Crippen LogP) is 1.34. The molecule has 5 heteroatoms. The standard InChI is InChI=1S/C11H14ClN3O/c12-8-2-1-3-9(10(8)11(14)16)15-7-4-6(13)5-7/h1-3,6-7,15H,4-5,13H2,(H2,14,16). The van der Waals surface area contributed by atoms with Gasteiger partial charge in [-0.1, -0.05) is 17.7 Å². The Morgan fingerprint density at radius 2 is 2.12 bits per heavy atom. The lowest BCUT2D eigenvalue weighted by atomic mass is 9.87. The lowest BCUT2D eigenvalue weighted by Crippen LogP contribution is -2.44. The topological polar surface area (TPSA) is 81.1 Å². The summed E-state index contributed by atoms with van der Waals surface area (Å²) >= 11 is 5.93. The normalized spacial score (nSPS) is 23.6. The Bertz CT molecular complexity index is 416. The van der Waals surface area contributed by atoms with Crippen LogP contribution in [0, 0.1) is 0 Å². The SMILES string of the molecule is NC(=O)c1c(Cl)cccc1NC1CC(N)C1. The minimum atomic E-state index is -0.517. The van der Waals surface area contributed by atoms with Crippen molar-refractivity contribution >= 4 is 23.2 Å². The molecule has 0 radical (unpaired) electrons. The van der Waals surface area contributed by atoms with E-state index in [0.717, 1.165) is 12.8 Å². The Kier molecular flexibility index (Phi) is 3.03. The highest BCUT2D eigenvalue weighted by Crippen LogP contribution is 2.28. The van der Waals surface area contributed by atoms with E-state index in [1.807, 2.05) is 0 Å². The van der Waals surface area contributed by atoms with Crippen molar-refractivity contribution in [1.82, 2.24) is 0 Å². The molecule has 0 heterocycles. The Morgan fingerprint density at radius 3 is 2.69 bits per heavy atom. The van der Waals surface area contributed by atoms with Gasteiger partial charge in [0.15, 0.2) is 0 Å². The molecule has 1 aromatic rings. The zero-order chi connectivity index (χ0) is 11.7. The van der Waals surface area contributed by atoms with Crippen LogP contribution in [0.25, 0.3) is 0 Å². The van der Waals surface area contributed by atoms with E-state index in [1.54, 1.807) is 18.2 Å². The molecule has 0 aromatic heterocycles. The molecular formula is C11H14ClN3O. The fourth-order valence-corrected chi connectivity index (χ4v) is 2.16. The van der Waals surface area contributed by atoms with Crippen LogP contribution in [-0.2, 0) is 0 Å². The molecule has 86 valence electrons. The van der Waals surface area contributed by atoms with E-state index in [9.17, 15) is 4.79 Å². The summed E-state index contributed by atoms with van der Waals surface area (Å²) in [6.45, 7) is 0. The summed E-state index contributed by atoms with van der Waals surface area (Å²) in [6, 6.07) is 5.81. The molecule has 0 unspecified atom stereocenters. The van der Waals surface area contributed by atoms with Gasteiger partial charge in [0.2, 0.25) is 0 Å². The first kappa shape index (κ1) is 11.2. The molecule has 0 spiro atoms. The number of hydrogen-bond acceptors (Lipinski definition) is 3. The van der Waals surface area contributed by atoms with Crippen molar-refractivity contribution in [2.75, 3.05) is 5.32 Å². The fourth-order valence-electron chi connectivity index (χ4n) is 1.89. The number of carbonyl (C=O) groups excluding carboxylic acids is 1. The summed E-state index contributed by atoms with van der Waals surface area (Å²) in [6.07, 6.45) is 1.81. The molecule has 0 saturated heterocycles. The van der Waals surface area contributed by atoms with Crippen molar-refractivity contribution in [1.29, 1.82) is 0 Å². The minimum Gasteiger partial charge on any atom is -0.382 e. The maximum absolute atomic E-state index is 11.3. The van der Waals surface area contributed by atoms with Crippen LogP contribution < -0.4 is 16.8 Å². The zero-order valence-electron chi connectivity index (χ0n) is 8.74. The molecule has 1 fully saturated rings. The molecule has 0 aliphatic heterocycles. The number of benzene rings is 1. The molecule has 4 nitrogen and oxygen atoms in total. The summed E-state index contributed by atoms with van der Waals surface area (Å²) in [4.78, 5) is 11.3. The van der Waals surface area contributed by atoms with Gasteiger partial charge in [-0.3, -0.25) is 4.79 Å². The van der Waals surface area contributed by atoms with Gasteiger partial charge in [0.1, 0.15) is 0 Å². The summed E-state index contributed by atoms with van der Waals surface area (Å²) in [5.41, 5.74) is 12.0. The van der Waals surface area contributed by atoms with Crippen molar-refractivity contribution in [2.45, 2.75) is 24.9 Å². The van der Waals surface area contributed by atoms with Crippen LogP contribution in [0.5, 0.6) is 0 Å². The number of nitrogens with two attached hydrogens (primary N) is 2. The van der Waals surface area contributed by atoms with Crippen molar-refractivity contribution in [3.63, 3.8) is 0 Å². The average Bonchev–Trinajstić information content (AvgIpc) is 2.14. The first-order chi connectivity index (χ1) is 7.58. The monoisotopic (exact) mass is 239 g/mol. The number of halogens is 1. The number of hydrogen-bond donors (Lipinski definition) is 3. The van der Waals surface area contributed by atoms with E-state index < -0.39 is 5.91 Å². The van der Waals surface area contributed by atoms with E-state index in [4.69, 9.17) is 23.1 Å². The molecule has 1 aliphatic rings. The van der Waals surface area contributed by atoms with Gasteiger partial charge in [-0.05, 0) is 25.0 Å². The van der Waals surface area contributed by atoms with E-state index in [2.05, 4.69) is 5.32 Å². The number of rotatable bonds is 3. The van der Waals surface area contributed by atoms with Crippen LogP contribution in [-0.4, -0.2) is 18.0 Å². The number of amides is 1. The second-order valence-corrected chi connectivity index (χ2v) is 4.51. The first-order valence-corrected chi connectivity index (χ1v) is 5.56. The average molecular weight is 240 g/mol. The minimum absolute atomic E-state index is 0.258. The molecule has 1 aliphatic carbocycles. The molecule has 1 amide bonds. The van der Waals surface area contributed by atoms with Gasteiger partial charge in [0, 0.05) is 17.8 Å². The molecule has 2 rings (SSSR count). The van der Waals surface area contributed by atoms with Gasteiger partial charge in [-0.25, -0.2) is 0 Å². The third-order valence-corrected chi connectivity index (χ3v) is 3.11. The van der Waals surface area contributed by atoms with Crippen LogP contribution in [0.15, 0.2) is 18.2 Å². The van der Waals surface area contributed by atoms with E-state index in [-0.39, 0.29) is 6.04 Å². The molecular weight excluding hydrogens is 226 g/mol. The molecule has 5 N–H and O–H groups in total. The second kappa shape index (κ2) is 4.31. The number of carbonyl (C=O) groups is 1. The lowest BCUT2D eigenvalue weighted by Gasteiger charge is -2.34. The van der Waals surface area contributed by atoms with Crippen LogP contribution in [0.3, 0.4) is 0 Å². The predicted molar refractivity (Wildman–Crippen MR) is 64.6 cm³/mol. The Morgan fingerprint density at radius 1 is 1.44 bits per heavy atom. The van der Waals surface area contributed by atoms with Crippen molar-refractivity contribution in [2.24, 2.45) is 11.5 Å². The zero-order valence-corrected chi connectivity index (χ0v) is 9.50. The van der Waals surface area contributed by atoms with Gasteiger partial charge < -0.3 is 16.8 Å². The third-order valence-electron chi connectivity index (χ3n) is 2.79. The summed E-state index contributed by atoms with van der Waals surface area (Å²) in [5.74, 6) is -0.517. The van der Waals surface area contributed by atoms with Crippen molar-refractivity contribution in [3.05, 3.63) is 28.8 Å². The highest BCUT2D eigenvalue weighted by Gasteiger charge is 2.26. The highest BCUT2D eigenvalue weighted by molar-refractivity contribution is 6.34. The number of primary amides is 1. The number of nitrogens with one attached hydrogen (secondary N) is 1. The maximum atomic E-state index is 11.3.